The van der Waals surface area contributed by atoms with E-state index in [2.05, 4.69) is 10.6 Å². The molecule has 2 amide bonds. The van der Waals surface area contributed by atoms with Crippen LogP contribution in [0.2, 0.25) is 5.02 Å². The van der Waals surface area contributed by atoms with Crippen LogP contribution < -0.4 is 15.4 Å². The minimum absolute atomic E-state index is 0.204. The lowest BCUT2D eigenvalue weighted by Gasteiger charge is -2.29. The van der Waals surface area contributed by atoms with Gasteiger partial charge in [0, 0.05) is 16.3 Å². The second-order valence-electron chi connectivity index (χ2n) is 5.34. The monoisotopic (exact) mass is 382 g/mol. The Morgan fingerprint density at radius 1 is 1.31 bits per heavy atom. The third-order valence-corrected chi connectivity index (χ3v) is 3.84. The minimum atomic E-state index is -0.855. The average molecular weight is 383 g/mol. The van der Waals surface area contributed by atoms with Crippen LogP contribution in [0, 0.1) is 0 Å². The molecule has 1 unspecified atom stereocenters. The number of hydrogen-bond acceptors (Lipinski definition) is 6. The number of carbonyl (C=O) groups excluding carboxylic acids is 3. The highest BCUT2D eigenvalue weighted by Crippen LogP contribution is 2.35. The summed E-state index contributed by atoms with van der Waals surface area (Å²) in [5.41, 5.74) is 0.966. The summed E-state index contributed by atoms with van der Waals surface area (Å²) in [6.45, 7) is 3.18. The summed E-state index contributed by atoms with van der Waals surface area (Å²) in [5.74, 6) is -0.872. The summed E-state index contributed by atoms with van der Waals surface area (Å²) in [6.07, 6.45) is 0. The number of methoxy groups -OCH3 is 1. The Morgan fingerprint density at radius 2 is 2.04 bits per heavy atom. The van der Waals surface area contributed by atoms with Crippen molar-refractivity contribution in [2.75, 3.05) is 20.3 Å². The number of halogens is 1. The maximum atomic E-state index is 12.2. The molecule has 1 aliphatic heterocycles. The van der Waals surface area contributed by atoms with Crippen molar-refractivity contribution in [2.45, 2.75) is 19.9 Å². The molecule has 0 aromatic heterocycles. The highest BCUT2D eigenvalue weighted by atomic mass is 35.5. The van der Waals surface area contributed by atoms with Gasteiger partial charge >= 0.3 is 18.0 Å². The van der Waals surface area contributed by atoms with Gasteiger partial charge in [0.2, 0.25) is 0 Å². The third kappa shape index (κ3) is 4.45. The van der Waals surface area contributed by atoms with E-state index in [9.17, 15) is 14.4 Å². The Labute approximate surface area is 155 Å². The fourth-order valence-corrected chi connectivity index (χ4v) is 2.70. The molecule has 0 saturated heterocycles. The van der Waals surface area contributed by atoms with Crippen LogP contribution in [0.1, 0.15) is 25.5 Å². The number of benzene rings is 1. The summed E-state index contributed by atoms with van der Waals surface area (Å²) in [6, 6.07) is 3.33. The maximum Gasteiger partial charge on any atom is 0.344 e. The molecule has 1 aromatic carbocycles. The van der Waals surface area contributed by atoms with Crippen molar-refractivity contribution >= 4 is 29.6 Å². The van der Waals surface area contributed by atoms with E-state index in [1.165, 1.54) is 7.11 Å². The van der Waals surface area contributed by atoms with Gasteiger partial charge in [0.05, 0.1) is 25.3 Å². The van der Waals surface area contributed by atoms with Gasteiger partial charge in [0.15, 0.2) is 6.61 Å². The highest BCUT2D eigenvalue weighted by molar-refractivity contribution is 6.30. The maximum absolute atomic E-state index is 12.2. The number of carbonyl (C=O) groups is 3. The Bertz CT molecular complexity index is 762. The second kappa shape index (κ2) is 8.57. The van der Waals surface area contributed by atoms with E-state index in [0.717, 1.165) is 0 Å². The summed E-state index contributed by atoms with van der Waals surface area (Å²) in [7, 11) is 1.24. The lowest BCUT2D eigenvalue weighted by atomic mass is 9.95. The topological polar surface area (TPSA) is 103 Å². The number of nitrogens with one attached hydrogen (secondary N) is 2. The first-order chi connectivity index (χ1) is 12.4. The van der Waals surface area contributed by atoms with Crippen LogP contribution in [0.4, 0.5) is 4.79 Å². The molecule has 26 heavy (non-hydrogen) atoms. The molecule has 8 nitrogen and oxygen atoms in total. The zero-order valence-electron chi connectivity index (χ0n) is 14.6. The van der Waals surface area contributed by atoms with Crippen molar-refractivity contribution in [3.63, 3.8) is 0 Å². The molecule has 2 rings (SSSR count). The quantitative estimate of drug-likeness (QED) is 0.730. The third-order valence-electron chi connectivity index (χ3n) is 3.61. The standard InChI is InChI=1S/C17H19ClN2O6/c1-4-25-13(21)8-26-12-6-5-10(18)7-11(12)15-14(16(22)24-3)9(2)19-17(23)20-15/h5-7,15H,4,8H2,1-3H3,(H2,19,20,23). The van der Waals surface area contributed by atoms with E-state index in [4.69, 9.17) is 25.8 Å². The smallest absolute Gasteiger partial charge is 0.344 e. The van der Waals surface area contributed by atoms with Gasteiger partial charge in [0.25, 0.3) is 0 Å². The van der Waals surface area contributed by atoms with E-state index < -0.39 is 24.0 Å². The Hall–Kier alpha value is -2.74. The molecule has 0 aliphatic carbocycles. The highest BCUT2D eigenvalue weighted by Gasteiger charge is 2.33. The van der Waals surface area contributed by atoms with Crippen LogP contribution in [0.3, 0.4) is 0 Å². The largest absolute Gasteiger partial charge is 0.482 e. The molecule has 1 aromatic rings. The van der Waals surface area contributed by atoms with E-state index >= 15 is 0 Å². The number of hydrogen-bond donors (Lipinski definition) is 2. The van der Waals surface area contributed by atoms with Crippen molar-refractivity contribution in [1.82, 2.24) is 10.6 Å². The predicted molar refractivity (Wildman–Crippen MR) is 92.7 cm³/mol. The summed E-state index contributed by atoms with van der Waals surface area (Å²) >= 11 is 6.07. The van der Waals surface area contributed by atoms with Crippen molar-refractivity contribution in [1.29, 1.82) is 0 Å². The molecule has 0 bridgehead atoms. The number of rotatable bonds is 6. The zero-order valence-corrected chi connectivity index (χ0v) is 15.3. The minimum Gasteiger partial charge on any atom is -0.482 e. The zero-order chi connectivity index (χ0) is 19.3. The first-order valence-electron chi connectivity index (χ1n) is 7.81. The van der Waals surface area contributed by atoms with Crippen molar-refractivity contribution in [3.8, 4) is 5.75 Å². The fourth-order valence-electron chi connectivity index (χ4n) is 2.52. The molecule has 140 valence electrons. The molecule has 0 spiro atoms. The summed E-state index contributed by atoms with van der Waals surface area (Å²) in [4.78, 5) is 35.7. The van der Waals surface area contributed by atoms with E-state index in [0.29, 0.717) is 16.3 Å². The fraction of sp³-hybridized carbons (Fsp3) is 0.353. The van der Waals surface area contributed by atoms with Gasteiger partial charge in [-0.2, -0.15) is 0 Å². The first-order valence-corrected chi connectivity index (χ1v) is 8.19. The number of amides is 2. The van der Waals surface area contributed by atoms with Gasteiger partial charge in [-0.15, -0.1) is 0 Å². The van der Waals surface area contributed by atoms with Gasteiger partial charge in [0.1, 0.15) is 5.75 Å². The normalized spacial score (nSPS) is 16.5. The first kappa shape index (κ1) is 19.6. The van der Waals surface area contributed by atoms with Gasteiger partial charge < -0.3 is 24.8 Å². The van der Waals surface area contributed by atoms with Gasteiger partial charge in [-0.1, -0.05) is 11.6 Å². The molecular formula is C17H19ClN2O6. The Balaban J connectivity index is 2.42. The summed E-state index contributed by atoms with van der Waals surface area (Å²) in [5, 5.41) is 5.54. The number of esters is 2. The van der Waals surface area contributed by atoms with Gasteiger partial charge in [-0.3, -0.25) is 0 Å². The van der Waals surface area contributed by atoms with Gasteiger partial charge in [-0.05, 0) is 32.0 Å². The Kier molecular flexibility index (Phi) is 6.46. The van der Waals surface area contributed by atoms with Crippen LogP contribution >= 0.6 is 11.6 Å². The molecule has 0 radical (unpaired) electrons. The Morgan fingerprint density at radius 3 is 2.69 bits per heavy atom. The van der Waals surface area contributed by atoms with E-state index in [-0.39, 0.29) is 24.5 Å². The van der Waals surface area contributed by atoms with E-state index in [1.807, 2.05) is 0 Å². The van der Waals surface area contributed by atoms with Crippen LogP contribution in [0.15, 0.2) is 29.5 Å². The van der Waals surface area contributed by atoms with Crippen LogP contribution in [-0.2, 0) is 19.1 Å². The molecule has 0 saturated carbocycles. The lowest BCUT2D eigenvalue weighted by molar-refractivity contribution is -0.145. The molecule has 1 aliphatic rings. The number of allylic oxidation sites excluding steroid dienone is 1. The van der Waals surface area contributed by atoms with E-state index in [1.54, 1.807) is 32.0 Å². The van der Waals surface area contributed by atoms with Gasteiger partial charge in [-0.25, -0.2) is 14.4 Å². The number of urea groups is 1. The molecule has 2 N–H and O–H groups in total. The molecule has 0 fully saturated rings. The van der Waals surface area contributed by atoms with Crippen molar-refractivity contribution in [2.24, 2.45) is 0 Å². The van der Waals surface area contributed by atoms with Crippen molar-refractivity contribution < 1.29 is 28.6 Å². The van der Waals surface area contributed by atoms with Crippen LogP contribution in [0.25, 0.3) is 0 Å². The predicted octanol–water partition coefficient (Wildman–Crippen LogP) is 2.08. The van der Waals surface area contributed by atoms with Crippen molar-refractivity contribution in [3.05, 3.63) is 40.1 Å². The van der Waals surface area contributed by atoms with Crippen LogP contribution in [0.5, 0.6) is 5.75 Å². The average Bonchev–Trinajstić information content (AvgIpc) is 2.59. The summed E-state index contributed by atoms with van der Waals surface area (Å²) < 4.78 is 15.2. The number of ether oxygens (including phenoxy) is 3. The SMILES string of the molecule is CCOC(=O)COc1ccc(Cl)cc1C1NC(=O)NC(C)=C1C(=O)OC. The molecular weight excluding hydrogens is 364 g/mol. The van der Waals surface area contributed by atoms with Crippen LogP contribution in [-0.4, -0.2) is 38.3 Å². The molecule has 1 atom stereocenters. The molecule has 1 heterocycles. The molecule has 9 heteroatoms. The lowest BCUT2D eigenvalue weighted by Crippen LogP contribution is -2.45. The second-order valence-corrected chi connectivity index (χ2v) is 5.77.